The molecule has 1 rings (SSSR count). The SMILES string of the molecule is CC(C)CN1CC(=O)N(C)CC1C(=O)O. The van der Waals surface area contributed by atoms with Crippen molar-refractivity contribution in [2.24, 2.45) is 5.92 Å². The van der Waals surface area contributed by atoms with Crippen LogP contribution in [0.2, 0.25) is 0 Å². The summed E-state index contributed by atoms with van der Waals surface area (Å²) in [4.78, 5) is 25.7. The summed E-state index contributed by atoms with van der Waals surface area (Å²) in [7, 11) is 1.64. The highest BCUT2D eigenvalue weighted by Gasteiger charge is 2.34. The third-order valence-electron chi connectivity index (χ3n) is 2.54. The van der Waals surface area contributed by atoms with E-state index in [1.54, 1.807) is 11.9 Å². The van der Waals surface area contributed by atoms with Crippen molar-refractivity contribution in [2.45, 2.75) is 19.9 Å². The van der Waals surface area contributed by atoms with E-state index < -0.39 is 12.0 Å². The van der Waals surface area contributed by atoms with Crippen LogP contribution in [-0.2, 0) is 9.59 Å². The van der Waals surface area contributed by atoms with Crippen molar-refractivity contribution < 1.29 is 14.7 Å². The molecule has 5 heteroatoms. The summed E-state index contributed by atoms with van der Waals surface area (Å²) in [6.45, 7) is 5.17. The van der Waals surface area contributed by atoms with E-state index in [0.717, 1.165) is 0 Å². The Morgan fingerprint density at radius 3 is 2.67 bits per heavy atom. The molecule has 1 aliphatic heterocycles. The Morgan fingerprint density at radius 1 is 1.60 bits per heavy atom. The molecule has 1 N–H and O–H groups in total. The van der Waals surface area contributed by atoms with Crippen molar-refractivity contribution in [3.05, 3.63) is 0 Å². The van der Waals surface area contributed by atoms with Gasteiger partial charge in [-0.15, -0.1) is 0 Å². The summed E-state index contributed by atoms with van der Waals surface area (Å²) >= 11 is 0. The maximum atomic E-state index is 11.4. The summed E-state index contributed by atoms with van der Waals surface area (Å²) in [5.41, 5.74) is 0. The number of hydrogen-bond acceptors (Lipinski definition) is 3. The van der Waals surface area contributed by atoms with Gasteiger partial charge in [0.2, 0.25) is 5.91 Å². The van der Waals surface area contributed by atoms with Crippen molar-refractivity contribution in [3.63, 3.8) is 0 Å². The highest BCUT2D eigenvalue weighted by Crippen LogP contribution is 2.12. The number of amides is 1. The van der Waals surface area contributed by atoms with Gasteiger partial charge in [-0.3, -0.25) is 14.5 Å². The Labute approximate surface area is 89.7 Å². The number of aliphatic carboxylic acids is 1. The number of rotatable bonds is 3. The molecule has 0 aromatic heterocycles. The van der Waals surface area contributed by atoms with E-state index >= 15 is 0 Å². The Morgan fingerprint density at radius 2 is 2.20 bits per heavy atom. The van der Waals surface area contributed by atoms with Gasteiger partial charge in [-0.05, 0) is 5.92 Å². The lowest BCUT2D eigenvalue weighted by Crippen LogP contribution is -2.58. The topological polar surface area (TPSA) is 60.9 Å². The molecule has 15 heavy (non-hydrogen) atoms. The number of hydrogen-bond donors (Lipinski definition) is 1. The van der Waals surface area contributed by atoms with Crippen LogP contribution >= 0.6 is 0 Å². The van der Waals surface area contributed by atoms with E-state index in [1.807, 2.05) is 13.8 Å². The number of likely N-dealkylation sites (N-methyl/N-ethyl adjacent to an activating group) is 1. The first-order chi connectivity index (χ1) is 6.91. The molecule has 1 fully saturated rings. The van der Waals surface area contributed by atoms with Gasteiger partial charge < -0.3 is 10.0 Å². The van der Waals surface area contributed by atoms with Gasteiger partial charge in [0.15, 0.2) is 0 Å². The molecular weight excluding hydrogens is 196 g/mol. The van der Waals surface area contributed by atoms with Crippen LogP contribution < -0.4 is 0 Å². The number of nitrogens with zero attached hydrogens (tertiary/aromatic N) is 2. The zero-order valence-corrected chi connectivity index (χ0v) is 9.43. The smallest absolute Gasteiger partial charge is 0.322 e. The molecule has 0 aromatic rings. The van der Waals surface area contributed by atoms with Crippen LogP contribution in [0.25, 0.3) is 0 Å². The van der Waals surface area contributed by atoms with Crippen molar-refractivity contribution in [1.82, 2.24) is 9.80 Å². The van der Waals surface area contributed by atoms with E-state index in [9.17, 15) is 9.59 Å². The zero-order chi connectivity index (χ0) is 11.6. The van der Waals surface area contributed by atoms with Gasteiger partial charge in [0.1, 0.15) is 6.04 Å². The number of carboxylic acid groups (broad SMARTS) is 1. The molecule has 1 aliphatic rings. The number of carbonyl (C=O) groups excluding carboxylic acids is 1. The lowest BCUT2D eigenvalue weighted by atomic mass is 10.1. The maximum Gasteiger partial charge on any atom is 0.322 e. The molecular formula is C10H18N2O3. The minimum absolute atomic E-state index is 0.00634. The number of piperazine rings is 1. The van der Waals surface area contributed by atoms with Gasteiger partial charge in [0.25, 0.3) is 0 Å². The van der Waals surface area contributed by atoms with Gasteiger partial charge >= 0.3 is 5.97 Å². The second-order valence-electron chi connectivity index (χ2n) is 4.45. The van der Waals surface area contributed by atoms with Crippen LogP contribution in [0.1, 0.15) is 13.8 Å². The Hall–Kier alpha value is -1.10. The predicted octanol–water partition coefficient (Wildman–Crippen LogP) is -0.130. The third-order valence-corrected chi connectivity index (χ3v) is 2.54. The zero-order valence-electron chi connectivity index (χ0n) is 9.43. The second kappa shape index (κ2) is 4.61. The molecule has 86 valence electrons. The fraction of sp³-hybridized carbons (Fsp3) is 0.800. The lowest BCUT2D eigenvalue weighted by Gasteiger charge is -2.37. The quantitative estimate of drug-likeness (QED) is 0.711. The van der Waals surface area contributed by atoms with E-state index in [2.05, 4.69) is 0 Å². The minimum atomic E-state index is -0.852. The van der Waals surface area contributed by atoms with Crippen LogP contribution in [0.4, 0.5) is 0 Å². The van der Waals surface area contributed by atoms with Crippen LogP contribution in [0.3, 0.4) is 0 Å². The number of carboxylic acids is 1. The highest BCUT2D eigenvalue weighted by atomic mass is 16.4. The molecule has 0 aliphatic carbocycles. The van der Waals surface area contributed by atoms with Gasteiger partial charge in [0.05, 0.1) is 6.54 Å². The summed E-state index contributed by atoms with van der Waals surface area (Å²) in [6, 6.07) is -0.560. The Kier molecular flexibility index (Phi) is 3.68. The largest absolute Gasteiger partial charge is 0.480 e. The van der Waals surface area contributed by atoms with Crippen molar-refractivity contribution in [1.29, 1.82) is 0 Å². The molecule has 0 aromatic carbocycles. The molecule has 0 radical (unpaired) electrons. The molecule has 1 heterocycles. The fourth-order valence-electron chi connectivity index (χ4n) is 1.78. The Bertz CT molecular complexity index is 265. The standard InChI is InChI=1S/C10H18N2O3/c1-7(2)4-12-6-9(13)11(3)5-8(12)10(14)15/h7-8H,4-6H2,1-3H3,(H,14,15). The third kappa shape index (κ3) is 2.92. The first-order valence-corrected chi connectivity index (χ1v) is 5.12. The first-order valence-electron chi connectivity index (χ1n) is 5.12. The normalized spacial score (nSPS) is 23.6. The molecule has 0 bridgehead atoms. The summed E-state index contributed by atoms with van der Waals surface area (Å²) in [6.07, 6.45) is 0. The molecule has 0 saturated carbocycles. The lowest BCUT2D eigenvalue weighted by molar-refractivity contribution is -0.151. The van der Waals surface area contributed by atoms with Gasteiger partial charge in [0, 0.05) is 20.1 Å². The van der Waals surface area contributed by atoms with Crippen LogP contribution in [0, 0.1) is 5.92 Å². The monoisotopic (exact) mass is 214 g/mol. The van der Waals surface area contributed by atoms with Crippen molar-refractivity contribution >= 4 is 11.9 Å². The van der Waals surface area contributed by atoms with Crippen LogP contribution in [0.5, 0.6) is 0 Å². The predicted molar refractivity (Wildman–Crippen MR) is 55.5 cm³/mol. The van der Waals surface area contributed by atoms with Crippen LogP contribution in [-0.4, -0.2) is 59.5 Å². The average molecular weight is 214 g/mol. The molecule has 5 nitrogen and oxygen atoms in total. The van der Waals surface area contributed by atoms with E-state index in [4.69, 9.17) is 5.11 Å². The maximum absolute atomic E-state index is 11.4. The molecule has 1 unspecified atom stereocenters. The molecule has 1 amide bonds. The van der Waals surface area contributed by atoms with Gasteiger partial charge in [-0.25, -0.2) is 0 Å². The molecule has 0 spiro atoms. The van der Waals surface area contributed by atoms with E-state index in [-0.39, 0.29) is 19.0 Å². The second-order valence-corrected chi connectivity index (χ2v) is 4.45. The van der Waals surface area contributed by atoms with Gasteiger partial charge in [-0.1, -0.05) is 13.8 Å². The van der Waals surface area contributed by atoms with E-state index in [1.165, 1.54) is 4.90 Å². The summed E-state index contributed by atoms with van der Waals surface area (Å²) in [5, 5.41) is 9.05. The molecule has 1 saturated heterocycles. The molecule has 1 atom stereocenters. The Balaban J connectivity index is 2.72. The van der Waals surface area contributed by atoms with Crippen molar-refractivity contribution in [2.75, 3.05) is 26.7 Å². The highest BCUT2D eigenvalue weighted by molar-refractivity contribution is 5.83. The van der Waals surface area contributed by atoms with Crippen LogP contribution in [0.15, 0.2) is 0 Å². The minimum Gasteiger partial charge on any atom is -0.480 e. The van der Waals surface area contributed by atoms with Crippen molar-refractivity contribution in [3.8, 4) is 0 Å². The summed E-state index contributed by atoms with van der Waals surface area (Å²) in [5.74, 6) is -0.494. The fourth-order valence-corrected chi connectivity index (χ4v) is 1.78. The number of carbonyl (C=O) groups is 2. The summed E-state index contributed by atoms with van der Waals surface area (Å²) < 4.78 is 0. The average Bonchev–Trinajstić information content (AvgIpc) is 2.09. The first kappa shape index (κ1) is 12.0. The van der Waals surface area contributed by atoms with Gasteiger partial charge in [-0.2, -0.15) is 0 Å². The van der Waals surface area contributed by atoms with E-state index in [0.29, 0.717) is 12.5 Å².